The molecule has 2 aromatic rings. The molecule has 3 N–H and O–H groups in total. The topological polar surface area (TPSA) is 46.2 Å². The molecule has 0 unspecified atom stereocenters. The van der Waals surface area contributed by atoms with Crippen molar-refractivity contribution in [2.24, 2.45) is 5.73 Å². The lowest BCUT2D eigenvalue weighted by atomic mass is 9.81. The third kappa shape index (κ3) is 2.30. The fraction of sp³-hybridized carbons (Fsp3) is 0.250. The Labute approximate surface area is 108 Å². The smallest absolute Gasteiger partial charge is 0.116 e. The fourth-order valence-corrected chi connectivity index (χ4v) is 2.39. The van der Waals surface area contributed by atoms with E-state index in [0.717, 1.165) is 16.7 Å². The molecule has 2 nitrogen and oxygen atoms in total. The summed E-state index contributed by atoms with van der Waals surface area (Å²) in [6.07, 6.45) is 0.516. The zero-order chi connectivity index (χ0) is 13.0. The van der Waals surface area contributed by atoms with Gasteiger partial charge in [0.15, 0.2) is 0 Å². The van der Waals surface area contributed by atoms with Gasteiger partial charge < -0.3 is 10.8 Å². The maximum absolute atomic E-state index is 11.1. The van der Waals surface area contributed by atoms with Gasteiger partial charge in [-0.1, -0.05) is 54.6 Å². The lowest BCUT2D eigenvalue weighted by Gasteiger charge is -2.30. The third-order valence-electron chi connectivity index (χ3n) is 3.35. The highest BCUT2D eigenvalue weighted by Gasteiger charge is 2.31. The predicted octanol–water partition coefficient (Wildman–Crippen LogP) is 2.58. The SMILES string of the molecule is Cc1ccccc1[C@](O)(CCN)c1ccccc1. The van der Waals surface area contributed by atoms with Gasteiger partial charge in [-0.2, -0.15) is 0 Å². The minimum Gasteiger partial charge on any atom is -0.380 e. The van der Waals surface area contributed by atoms with Crippen LogP contribution in [0.4, 0.5) is 0 Å². The van der Waals surface area contributed by atoms with Crippen LogP contribution in [0, 0.1) is 6.92 Å². The van der Waals surface area contributed by atoms with Gasteiger partial charge in [0, 0.05) is 0 Å². The van der Waals surface area contributed by atoms with Crippen LogP contribution in [-0.4, -0.2) is 11.7 Å². The molecule has 18 heavy (non-hydrogen) atoms. The molecule has 0 heterocycles. The number of nitrogens with two attached hydrogens (primary N) is 1. The van der Waals surface area contributed by atoms with Crippen molar-refractivity contribution in [2.45, 2.75) is 18.9 Å². The second-order valence-corrected chi connectivity index (χ2v) is 4.58. The molecule has 0 spiro atoms. The monoisotopic (exact) mass is 241 g/mol. The van der Waals surface area contributed by atoms with Gasteiger partial charge >= 0.3 is 0 Å². The summed E-state index contributed by atoms with van der Waals surface area (Å²) in [5.74, 6) is 0. The zero-order valence-corrected chi connectivity index (χ0v) is 10.6. The molecule has 94 valence electrons. The van der Waals surface area contributed by atoms with E-state index in [-0.39, 0.29) is 0 Å². The molecule has 0 bridgehead atoms. The zero-order valence-electron chi connectivity index (χ0n) is 10.6. The van der Waals surface area contributed by atoms with Crippen LogP contribution in [0.3, 0.4) is 0 Å². The van der Waals surface area contributed by atoms with Gasteiger partial charge in [0.25, 0.3) is 0 Å². The van der Waals surface area contributed by atoms with Crippen LogP contribution >= 0.6 is 0 Å². The first-order valence-corrected chi connectivity index (χ1v) is 6.22. The first-order valence-electron chi connectivity index (χ1n) is 6.22. The highest BCUT2D eigenvalue weighted by molar-refractivity contribution is 5.40. The Kier molecular flexibility index (Phi) is 3.80. The lowest BCUT2D eigenvalue weighted by Crippen LogP contribution is -2.31. The molecule has 2 heteroatoms. The van der Waals surface area contributed by atoms with Gasteiger partial charge in [-0.3, -0.25) is 0 Å². The molecule has 0 aromatic heterocycles. The molecule has 0 radical (unpaired) electrons. The summed E-state index contributed by atoms with van der Waals surface area (Å²) in [7, 11) is 0. The van der Waals surface area contributed by atoms with E-state index < -0.39 is 5.60 Å². The van der Waals surface area contributed by atoms with Crippen molar-refractivity contribution in [3.63, 3.8) is 0 Å². The number of rotatable bonds is 4. The number of hydrogen-bond donors (Lipinski definition) is 2. The minimum absolute atomic E-state index is 0.444. The van der Waals surface area contributed by atoms with E-state index in [0.29, 0.717) is 13.0 Å². The summed E-state index contributed by atoms with van der Waals surface area (Å²) in [4.78, 5) is 0. The lowest BCUT2D eigenvalue weighted by molar-refractivity contribution is 0.0731. The quantitative estimate of drug-likeness (QED) is 0.864. The summed E-state index contributed by atoms with van der Waals surface area (Å²) < 4.78 is 0. The first kappa shape index (κ1) is 12.8. The van der Waals surface area contributed by atoms with Crippen LogP contribution in [0.25, 0.3) is 0 Å². The Bertz CT molecular complexity index is 510. The summed E-state index contributed by atoms with van der Waals surface area (Å²) in [5.41, 5.74) is 7.59. The average Bonchev–Trinajstić information content (AvgIpc) is 2.40. The van der Waals surface area contributed by atoms with Crippen molar-refractivity contribution < 1.29 is 5.11 Å². The Morgan fingerprint density at radius 1 is 1.00 bits per heavy atom. The van der Waals surface area contributed by atoms with E-state index >= 15 is 0 Å². The molecule has 1 atom stereocenters. The van der Waals surface area contributed by atoms with E-state index in [1.165, 1.54) is 0 Å². The van der Waals surface area contributed by atoms with E-state index in [9.17, 15) is 5.11 Å². The maximum Gasteiger partial charge on any atom is 0.116 e. The highest BCUT2D eigenvalue weighted by atomic mass is 16.3. The van der Waals surface area contributed by atoms with Crippen molar-refractivity contribution in [1.29, 1.82) is 0 Å². The van der Waals surface area contributed by atoms with Crippen molar-refractivity contribution >= 4 is 0 Å². The summed E-state index contributed by atoms with van der Waals surface area (Å²) in [6.45, 7) is 2.46. The van der Waals surface area contributed by atoms with Gasteiger partial charge in [0.2, 0.25) is 0 Å². The van der Waals surface area contributed by atoms with E-state index in [2.05, 4.69) is 0 Å². The Balaban J connectivity index is 2.55. The molecule has 0 fully saturated rings. The molecule has 0 aliphatic heterocycles. The standard InChI is InChI=1S/C16H19NO/c1-13-7-5-6-10-15(13)16(18,11-12-17)14-8-3-2-4-9-14/h2-10,18H,11-12,17H2,1H3/t16-/m0/s1. The van der Waals surface area contributed by atoms with Crippen molar-refractivity contribution in [2.75, 3.05) is 6.54 Å². The van der Waals surface area contributed by atoms with Gasteiger partial charge in [-0.25, -0.2) is 0 Å². The predicted molar refractivity (Wildman–Crippen MR) is 74.3 cm³/mol. The second-order valence-electron chi connectivity index (χ2n) is 4.58. The van der Waals surface area contributed by atoms with Gasteiger partial charge in [-0.15, -0.1) is 0 Å². The number of aryl methyl sites for hydroxylation is 1. The molecular weight excluding hydrogens is 222 g/mol. The molecule has 0 amide bonds. The molecule has 0 aliphatic rings. The number of benzene rings is 2. The molecule has 2 aromatic carbocycles. The van der Waals surface area contributed by atoms with E-state index in [1.54, 1.807) is 0 Å². The summed E-state index contributed by atoms with van der Waals surface area (Å²) >= 11 is 0. The van der Waals surface area contributed by atoms with Crippen LogP contribution in [0.2, 0.25) is 0 Å². The van der Waals surface area contributed by atoms with E-state index in [1.807, 2.05) is 61.5 Å². The van der Waals surface area contributed by atoms with Crippen LogP contribution in [0.1, 0.15) is 23.1 Å². The first-order chi connectivity index (χ1) is 8.68. The van der Waals surface area contributed by atoms with Gasteiger partial charge in [0.05, 0.1) is 0 Å². The molecular formula is C16H19NO. The van der Waals surface area contributed by atoms with Crippen LogP contribution < -0.4 is 5.73 Å². The fourth-order valence-electron chi connectivity index (χ4n) is 2.39. The van der Waals surface area contributed by atoms with Crippen LogP contribution in [-0.2, 0) is 5.60 Å². The Morgan fingerprint density at radius 3 is 2.22 bits per heavy atom. The Morgan fingerprint density at radius 2 is 1.61 bits per heavy atom. The van der Waals surface area contributed by atoms with Crippen molar-refractivity contribution in [3.8, 4) is 0 Å². The largest absolute Gasteiger partial charge is 0.380 e. The van der Waals surface area contributed by atoms with Gasteiger partial charge in [0.1, 0.15) is 5.60 Å². The molecule has 0 aliphatic carbocycles. The number of aliphatic hydroxyl groups is 1. The van der Waals surface area contributed by atoms with Crippen molar-refractivity contribution in [1.82, 2.24) is 0 Å². The minimum atomic E-state index is -0.999. The third-order valence-corrected chi connectivity index (χ3v) is 3.35. The maximum atomic E-state index is 11.1. The van der Waals surface area contributed by atoms with Crippen molar-refractivity contribution in [3.05, 3.63) is 71.3 Å². The van der Waals surface area contributed by atoms with Crippen LogP contribution in [0.15, 0.2) is 54.6 Å². The highest BCUT2D eigenvalue weighted by Crippen LogP contribution is 2.34. The van der Waals surface area contributed by atoms with Gasteiger partial charge in [-0.05, 0) is 36.6 Å². The average molecular weight is 241 g/mol. The van der Waals surface area contributed by atoms with E-state index in [4.69, 9.17) is 5.73 Å². The summed E-state index contributed by atoms with van der Waals surface area (Å²) in [6, 6.07) is 17.6. The molecule has 0 saturated heterocycles. The normalized spacial score (nSPS) is 14.2. The number of hydrogen-bond acceptors (Lipinski definition) is 2. The second kappa shape index (κ2) is 5.34. The van der Waals surface area contributed by atoms with Crippen LogP contribution in [0.5, 0.6) is 0 Å². The molecule has 2 rings (SSSR count). The Hall–Kier alpha value is -1.64. The molecule has 0 saturated carbocycles. The summed E-state index contributed by atoms with van der Waals surface area (Å²) in [5, 5.41) is 11.1.